The van der Waals surface area contributed by atoms with Gasteiger partial charge in [0, 0.05) is 30.1 Å². The van der Waals surface area contributed by atoms with Crippen molar-refractivity contribution in [3.63, 3.8) is 0 Å². The number of carboxylic acids is 1. The number of hydrogen-bond donors (Lipinski definition) is 1. The third-order valence-corrected chi connectivity index (χ3v) is 3.15. The molecule has 0 aliphatic heterocycles. The predicted octanol–water partition coefficient (Wildman–Crippen LogP) is 1.81. The minimum atomic E-state index is -1.00. The predicted molar refractivity (Wildman–Crippen MR) is 64.0 cm³/mol. The first-order valence-corrected chi connectivity index (χ1v) is 5.93. The van der Waals surface area contributed by atoms with E-state index >= 15 is 0 Å². The number of pyridine rings is 1. The Kier molecular flexibility index (Phi) is 3.43. The normalized spacial score (nSPS) is 10.4. The Bertz CT molecular complexity index is 539. The Morgan fingerprint density at radius 3 is 3.06 bits per heavy atom. The van der Waals surface area contributed by atoms with Crippen LogP contribution in [0.15, 0.2) is 35.6 Å². The van der Waals surface area contributed by atoms with Crippen molar-refractivity contribution >= 4 is 17.7 Å². The molecule has 0 amide bonds. The number of aromatic carboxylic acids is 1. The zero-order chi connectivity index (χ0) is 12.3. The van der Waals surface area contributed by atoms with E-state index in [1.165, 1.54) is 6.20 Å². The molecule has 0 spiro atoms. The van der Waals surface area contributed by atoms with Crippen LogP contribution in [0.2, 0.25) is 0 Å². The van der Waals surface area contributed by atoms with Gasteiger partial charge in [-0.15, -0.1) is 11.8 Å². The Balaban J connectivity index is 2.04. The molecule has 2 rings (SSSR count). The van der Waals surface area contributed by atoms with Gasteiger partial charge < -0.3 is 5.11 Å². The van der Waals surface area contributed by atoms with Crippen LogP contribution in [0.25, 0.3) is 0 Å². The maximum absolute atomic E-state index is 10.7. The summed E-state index contributed by atoms with van der Waals surface area (Å²) in [5, 5.41) is 12.9. The Hall–Kier alpha value is -1.82. The smallest absolute Gasteiger partial charge is 0.354 e. The molecule has 5 nitrogen and oxygen atoms in total. The average molecular weight is 249 g/mol. The molecule has 0 unspecified atom stereocenters. The lowest BCUT2D eigenvalue weighted by molar-refractivity contribution is 0.0690. The molecule has 2 aromatic heterocycles. The van der Waals surface area contributed by atoms with E-state index in [0.29, 0.717) is 5.75 Å². The first-order valence-electron chi connectivity index (χ1n) is 4.95. The summed E-state index contributed by atoms with van der Waals surface area (Å²) in [4.78, 5) is 15.6. The molecule has 2 aromatic rings. The van der Waals surface area contributed by atoms with Crippen LogP contribution in [-0.2, 0) is 12.8 Å². The van der Waals surface area contributed by atoms with Crippen molar-refractivity contribution in [3.8, 4) is 0 Å². The summed E-state index contributed by atoms with van der Waals surface area (Å²) in [6, 6.07) is 3.40. The first-order chi connectivity index (χ1) is 8.15. The second kappa shape index (κ2) is 5.01. The molecule has 88 valence electrons. The van der Waals surface area contributed by atoms with Gasteiger partial charge >= 0.3 is 5.97 Å². The molecule has 0 saturated heterocycles. The fourth-order valence-corrected chi connectivity index (χ4v) is 2.18. The highest BCUT2D eigenvalue weighted by atomic mass is 32.2. The van der Waals surface area contributed by atoms with E-state index in [1.807, 2.05) is 19.3 Å². The molecule has 0 saturated carbocycles. The third kappa shape index (κ3) is 3.07. The van der Waals surface area contributed by atoms with Crippen molar-refractivity contribution in [3.05, 3.63) is 42.0 Å². The van der Waals surface area contributed by atoms with Crippen LogP contribution in [0.4, 0.5) is 0 Å². The SMILES string of the molecule is Cn1cc(SCc2ccnc(C(=O)O)c2)cn1. The largest absolute Gasteiger partial charge is 0.477 e. The minimum absolute atomic E-state index is 0.0780. The lowest BCUT2D eigenvalue weighted by Crippen LogP contribution is -2.00. The van der Waals surface area contributed by atoms with Crippen molar-refractivity contribution in [2.24, 2.45) is 7.05 Å². The number of hydrogen-bond acceptors (Lipinski definition) is 4. The maximum Gasteiger partial charge on any atom is 0.354 e. The number of rotatable bonds is 4. The van der Waals surface area contributed by atoms with Crippen molar-refractivity contribution < 1.29 is 9.90 Å². The highest BCUT2D eigenvalue weighted by molar-refractivity contribution is 7.98. The van der Waals surface area contributed by atoms with Crippen LogP contribution in [-0.4, -0.2) is 25.8 Å². The van der Waals surface area contributed by atoms with Crippen molar-refractivity contribution in [2.45, 2.75) is 10.6 Å². The fourth-order valence-electron chi connectivity index (χ4n) is 1.32. The van der Waals surface area contributed by atoms with Crippen LogP contribution in [0.5, 0.6) is 0 Å². The molecule has 1 N–H and O–H groups in total. The van der Waals surface area contributed by atoms with E-state index in [0.717, 1.165) is 10.5 Å². The summed E-state index contributed by atoms with van der Waals surface area (Å²) in [5.74, 6) is -0.299. The molecule has 0 aromatic carbocycles. The molecule has 0 fully saturated rings. The molecule has 0 bridgehead atoms. The van der Waals surface area contributed by atoms with Gasteiger partial charge in [0.2, 0.25) is 0 Å². The highest BCUT2D eigenvalue weighted by Gasteiger charge is 2.05. The van der Waals surface area contributed by atoms with E-state index in [-0.39, 0.29) is 5.69 Å². The van der Waals surface area contributed by atoms with Crippen molar-refractivity contribution in [1.82, 2.24) is 14.8 Å². The number of thioether (sulfide) groups is 1. The minimum Gasteiger partial charge on any atom is -0.477 e. The van der Waals surface area contributed by atoms with Crippen LogP contribution >= 0.6 is 11.8 Å². The van der Waals surface area contributed by atoms with Crippen LogP contribution in [0, 0.1) is 0 Å². The average Bonchev–Trinajstić information content (AvgIpc) is 2.73. The van der Waals surface area contributed by atoms with Crippen molar-refractivity contribution in [1.29, 1.82) is 0 Å². The zero-order valence-electron chi connectivity index (χ0n) is 9.20. The highest BCUT2D eigenvalue weighted by Crippen LogP contribution is 2.21. The number of nitrogens with zero attached hydrogens (tertiary/aromatic N) is 3. The Labute approximate surface area is 102 Å². The van der Waals surface area contributed by atoms with Gasteiger partial charge in [0.25, 0.3) is 0 Å². The first kappa shape index (κ1) is 11.7. The topological polar surface area (TPSA) is 68.0 Å². The van der Waals surface area contributed by atoms with E-state index in [1.54, 1.807) is 28.7 Å². The molecule has 0 radical (unpaired) electrons. The maximum atomic E-state index is 10.7. The van der Waals surface area contributed by atoms with Crippen LogP contribution in [0.3, 0.4) is 0 Å². The summed E-state index contributed by atoms with van der Waals surface area (Å²) in [5.41, 5.74) is 1.01. The fraction of sp³-hybridized carbons (Fsp3) is 0.182. The van der Waals surface area contributed by atoms with Crippen LogP contribution < -0.4 is 0 Å². The third-order valence-electron chi connectivity index (χ3n) is 2.13. The van der Waals surface area contributed by atoms with E-state index < -0.39 is 5.97 Å². The Morgan fingerprint density at radius 1 is 1.59 bits per heavy atom. The molecule has 17 heavy (non-hydrogen) atoms. The molecular formula is C11H11N3O2S. The van der Waals surface area contributed by atoms with Gasteiger partial charge in [0.1, 0.15) is 5.69 Å². The van der Waals surface area contributed by atoms with Gasteiger partial charge in [-0.25, -0.2) is 9.78 Å². The van der Waals surface area contributed by atoms with Gasteiger partial charge in [-0.05, 0) is 17.7 Å². The molecule has 0 aliphatic carbocycles. The summed E-state index contributed by atoms with van der Waals surface area (Å²) < 4.78 is 1.73. The molecule has 6 heteroatoms. The van der Waals surface area contributed by atoms with Gasteiger partial charge in [-0.1, -0.05) is 0 Å². The Morgan fingerprint density at radius 2 is 2.41 bits per heavy atom. The summed E-state index contributed by atoms with van der Waals surface area (Å²) >= 11 is 1.61. The lowest BCUT2D eigenvalue weighted by atomic mass is 10.2. The number of aromatic nitrogens is 3. The quantitative estimate of drug-likeness (QED) is 0.837. The van der Waals surface area contributed by atoms with Gasteiger partial charge in [0.05, 0.1) is 6.20 Å². The zero-order valence-corrected chi connectivity index (χ0v) is 10.0. The number of carbonyl (C=O) groups is 1. The van der Waals surface area contributed by atoms with Crippen molar-refractivity contribution in [2.75, 3.05) is 0 Å². The molecule has 2 heterocycles. The van der Waals surface area contributed by atoms with Gasteiger partial charge in [-0.3, -0.25) is 4.68 Å². The second-order valence-corrected chi connectivity index (χ2v) is 4.54. The van der Waals surface area contributed by atoms with E-state index in [4.69, 9.17) is 5.11 Å². The number of aryl methyl sites for hydroxylation is 1. The molecule has 0 aliphatic rings. The molecule has 0 atom stereocenters. The molecular weight excluding hydrogens is 238 g/mol. The van der Waals surface area contributed by atoms with E-state index in [9.17, 15) is 4.79 Å². The van der Waals surface area contributed by atoms with Gasteiger partial charge in [0.15, 0.2) is 0 Å². The summed E-state index contributed by atoms with van der Waals surface area (Å²) in [7, 11) is 1.86. The van der Waals surface area contributed by atoms with Crippen LogP contribution in [0.1, 0.15) is 16.1 Å². The number of carboxylic acid groups (broad SMARTS) is 1. The summed E-state index contributed by atoms with van der Waals surface area (Å²) in [6.45, 7) is 0. The monoisotopic (exact) mass is 249 g/mol. The van der Waals surface area contributed by atoms with Gasteiger partial charge in [-0.2, -0.15) is 5.10 Å². The van der Waals surface area contributed by atoms with E-state index in [2.05, 4.69) is 10.1 Å². The summed E-state index contributed by atoms with van der Waals surface area (Å²) in [6.07, 6.45) is 5.22. The standard InChI is InChI=1S/C11H11N3O2S/c1-14-6-9(5-13-14)17-7-8-2-3-12-10(4-8)11(15)16/h2-6H,7H2,1H3,(H,15,16). The lowest BCUT2D eigenvalue weighted by Gasteiger charge is -2.00. The second-order valence-electron chi connectivity index (χ2n) is 3.49.